The van der Waals surface area contributed by atoms with Gasteiger partial charge < -0.3 is 5.32 Å². The monoisotopic (exact) mass is 281 g/mol. The van der Waals surface area contributed by atoms with Crippen molar-refractivity contribution >= 4 is 39.0 Å². The lowest BCUT2D eigenvalue weighted by Gasteiger charge is -2.25. The SMILES string of the molecule is ClC1CCCC(CNc2ncnc3sccc23)C1. The largest absolute Gasteiger partial charge is 0.369 e. The van der Waals surface area contributed by atoms with Gasteiger partial charge in [-0.1, -0.05) is 6.42 Å². The van der Waals surface area contributed by atoms with Crippen LogP contribution in [0.4, 0.5) is 5.82 Å². The van der Waals surface area contributed by atoms with E-state index in [9.17, 15) is 0 Å². The van der Waals surface area contributed by atoms with Gasteiger partial charge in [-0.25, -0.2) is 9.97 Å². The summed E-state index contributed by atoms with van der Waals surface area (Å²) < 4.78 is 0. The minimum absolute atomic E-state index is 0.358. The second kappa shape index (κ2) is 5.41. The number of fused-ring (bicyclic) bond motifs is 1. The lowest BCUT2D eigenvalue weighted by Crippen LogP contribution is -2.22. The fourth-order valence-electron chi connectivity index (χ4n) is 2.58. The second-order valence-electron chi connectivity index (χ2n) is 4.87. The first-order valence-electron chi connectivity index (χ1n) is 6.39. The summed E-state index contributed by atoms with van der Waals surface area (Å²) in [6.07, 6.45) is 6.44. The molecule has 0 saturated heterocycles. The molecule has 3 rings (SSSR count). The molecule has 0 aromatic carbocycles. The van der Waals surface area contributed by atoms with Crippen LogP contribution >= 0.6 is 22.9 Å². The standard InChI is InChI=1S/C13H16ClN3S/c14-10-3-1-2-9(6-10)7-15-12-11-4-5-18-13(11)17-8-16-12/h4-5,8-10H,1-3,6-7H2,(H,15,16,17). The van der Waals surface area contributed by atoms with Crippen molar-refractivity contribution in [3.8, 4) is 0 Å². The van der Waals surface area contributed by atoms with Gasteiger partial charge >= 0.3 is 0 Å². The smallest absolute Gasteiger partial charge is 0.138 e. The number of rotatable bonds is 3. The van der Waals surface area contributed by atoms with Crippen molar-refractivity contribution in [1.82, 2.24) is 9.97 Å². The first kappa shape index (κ1) is 12.2. The lowest BCUT2D eigenvalue weighted by atomic mass is 9.89. The number of hydrogen-bond donors (Lipinski definition) is 1. The number of alkyl halides is 1. The Morgan fingerprint density at radius 2 is 2.33 bits per heavy atom. The molecule has 0 radical (unpaired) electrons. The van der Waals surface area contributed by atoms with Gasteiger partial charge in [-0.2, -0.15) is 0 Å². The minimum atomic E-state index is 0.358. The Balaban J connectivity index is 1.67. The number of anilines is 1. The topological polar surface area (TPSA) is 37.8 Å². The molecule has 1 aliphatic rings. The molecule has 2 unspecified atom stereocenters. The summed E-state index contributed by atoms with van der Waals surface area (Å²) in [5, 5.41) is 7.00. The van der Waals surface area contributed by atoms with Gasteiger partial charge in [-0.3, -0.25) is 0 Å². The number of nitrogens with one attached hydrogen (secondary N) is 1. The maximum Gasteiger partial charge on any atom is 0.138 e. The Morgan fingerprint density at radius 3 is 3.22 bits per heavy atom. The van der Waals surface area contributed by atoms with Crippen molar-refractivity contribution in [2.45, 2.75) is 31.1 Å². The van der Waals surface area contributed by atoms with Gasteiger partial charge in [0.1, 0.15) is 17.0 Å². The molecule has 1 fully saturated rings. The van der Waals surface area contributed by atoms with Crippen molar-refractivity contribution in [1.29, 1.82) is 0 Å². The lowest BCUT2D eigenvalue weighted by molar-refractivity contribution is 0.378. The predicted molar refractivity (Wildman–Crippen MR) is 77.5 cm³/mol. The second-order valence-corrected chi connectivity index (χ2v) is 6.38. The van der Waals surface area contributed by atoms with Crippen LogP contribution in [0.5, 0.6) is 0 Å². The Labute approximate surface area is 116 Å². The third-order valence-electron chi connectivity index (χ3n) is 3.54. The highest BCUT2D eigenvalue weighted by atomic mass is 35.5. The molecule has 1 saturated carbocycles. The van der Waals surface area contributed by atoms with Crippen LogP contribution in [0.15, 0.2) is 17.8 Å². The summed E-state index contributed by atoms with van der Waals surface area (Å²) in [6, 6.07) is 2.08. The first-order chi connectivity index (χ1) is 8.83. The van der Waals surface area contributed by atoms with E-state index in [1.54, 1.807) is 17.7 Å². The maximum absolute atomic E-state index is 6.22. The van der Waals surface area contributed by atoms with E-state index in [0.717, 1.165) is 29.0 Å². The highest BCUT2D eigenvalue weighted by Gasteiger charge is 2.20. The van der Waals surface area contributed by atoms with E-state index in [1.807, 2.05) is 0 Å². The molecule has 2 heterocycles. The molecule has 1 N–H and O–H groups in total. The summed E-state index contributed by atoms with van der Waals surface area (Å²) in [6.45, 7) is 0.963. The van der Waals surface area contributed by atoms with Crippen molar-refractivity contribution < 1.29 is 0 Å². The summed E-state index contributed by atoms with van der Waals surface area (Å²) in [5.41, 5.74) is 0. The van der Waals surface area contributed by atoms with E-state index in [0.29, 0.717) is 11.3 Å². The van der Waals surface area contributed by atoms with Crippen LogP contribution in [0.3, 0.4) is 0 Å². The maximum atomic E-state index is 6.22. The number of hydrogen-bond acceptors (Lipinski definition) is 4. The Bertz CT molecular complexity index is 528. The number of thiophene rings is 1. The average Bonchev–Trinajstić information content (AvgIpc) is 2.85. The molecular formula is C13H16ClN3S. The molecule has 96 valence electrons. The quantitative estimate of drug-likeness (QED) is 0.867. The van der Waals surface area contributed by atoms with E-state index in [-0.39, 0.29) is 0 Å². The van der Waals surface area contributed by atoms with Crippen LogP contribution in [-0.2, 0) is 0 Å². The fraction of sp³-hybridized carbons (Fsp3) is 0.538. The van der Waals surface area contributed by atoms with E-state index in [4.69, 9.17) is 11.6 Å². The van der Waals surface area contributed by atoms with Crippen molar-refractivity contribution in [2.24, 2.45) is 5.92 Å². The Morgan fingerprint density at radius 1 is 1.39 bits per heavy atom. The van der Waals surface area contributed by atoms with Crippen molar-refractivity contribution in [3.05, 3.63) is 17.8 Å². The molecule has 0 spiro atoms. The normalized spacial score (nSPS) is 24.3. The summed E-state index contributed by atoms with van der Waals surface area (Å²) >= 11 is 7.87. The molecule has 18 heavy (non-hydrogen) atoms. The average molecular weight is 282 g/mol. The van der Waals surface area contributed by atoms with Gasteiger partial charge in [0.15, 0.2) is 0 Å². The first-order valence-corrected chi connectivity index (χ1v) is 7.70. The van der Waals surface area contributed by atoms with E-state index in [1.165, 1.54) is 19.3 Å². The number of aromatic nitrogens is 2. The van der Waals surface area contributed by atoms with Crippen LogP contribution in [0.1, 0.15) is 25.7 Å². The van der Waals surface area contributed by atoms with Crippen LogP contribution in [-0.4, -0.2) is 21.9 Å². The summed E-state index contributed by atoms with van der Waals surface area (Å²) in [4.78, 5) is 9.64. The van der Waals surface area contributed by atoms with Crippen molar-refractivity contribution in [2.75, 3.05) is 11.9 Å². The number of nitrogens with zero attached hydrogens (tertiary/aromatic N) is 2. The van der Waals surface area contributed by atoms with E-state index >= 15 is 0 Å². The molecule has 3 nitrogen and oxygen atoms in total. The molecule has 2 aromatic heterocycles. The summed E-state index contributed by atoms with van der Waals surface area (Å²) in [5.74, 6) is 1.63. The zero-order chi connectivity index (χ0) is 12.4. The third-order valence-corrected chi connectivity index (χ3v) is 4.76. The van der Waals surface area contributed by atoms with Crippen LogP contribution in [0, 0.1) is 5.92 Å². The molecule has 2 aromatic rings. The molecule has 1 aliphatic carbocycles. The van der Waals surface area contributed by atoms with Gasteiger partial charge in [0.2, 0.25) is 0 Å². The van der Waals surface area contributed by atoms with Gasteiger partial charge in [0.05, 0.1) is 5.39 Å². The molecule has 2 atom stereocenters. The summed E-state index contributed by atoms with van der Waals surface area (Å²) in [7, 11) is 0. The molecule has 0 amide bonds. The predicted octanol–water partition coefficient (Wildman–Crippen LogP) is 3.90. The van der Waals surface area contributed by atoms with Gasteiger partial charge in [0.25, 0.3) is 0 Å². The Kier molecular flexibility index (Phi) is 3.66. The number of halogens is 1. The van der Waals surface area contributed by atoms with Crippen LogP contribution < -0.4 is 5.32 Å². The fourth-order valence-corrected chi connectivity index (χ4v) is 3.72. The highest BCUT2D eigenvalue weighted by molar-refractivity contribution is 7.16. The minimum Gasteiger partial charge on any atom is -0.369 e. The van der Waals surface area contributed by atoms with Gasteiger partial charge in [0, 0.05) is 11.9 Å². The molecule has 0 bridgehead atoms. The van der Waals surface area contributed by atoms with E-state index < -0.39 is 0 Å². The van der Waals surface area contributed by atoms with Crippen LogP contribution in [0.25, 0.3) is 10.2 Å². The molecule has 5 heteroatoms. The third kappa shape index (κ3) is 2.59. The zero-order valence-electron chi connectivity index (χ0n) is 10.1. The van der Waals surface area contributed by atoms with Gasteiger partial charge in [-0.05, 0) is 36.6 Å². The molecule has 0 aliphatic heterocycles. The van der Waals surface area contributed by atoms with Crippen LogP contribution in [0.2, 0.25) is 0 Å². The zero-order valence-corrected chi connectivity index (χ0v) is 11.7. The van der Waals surface area contributed by atoms with Gasteiger partial charge in [-0.15, -0.1) is 22.9 Å². The highest BCUT2D eigenvalue weighted by Crippen LogP contribution is 2.29. The van der Waals surface area contributed by atoms with Crippen molar-refractivity contribution in [3.63, 3.8) is 0 Å². The molecular weight excluding hydrogens is 266 g/mol. The Hall–Kier alpha value is -0.870. The van der Waals surface area contributed by atoms with E-state index in [2.05, 4.69) is 26.7 Å².